The number of hydrogen-bond acceptors (Lipinski definition) is 4. The molecule has 0 atom stereocenters. The number of benzene rings is 1. The minimum Gasteiger partial charge on any atom is -0.347 e. The summed E-state index contributed by atoms with van der Waals surface area (Å²) in [5, 5.41) is 0. The Morgan fingerprint density at radius 3 is 2.14 bits per heavy atom. The minimum absolute atomic E-state index is 0. The lowest BCUT2D eigenvalue weighted by Crippen LogP contribution is -2.15. The first kappa shape index (κ1) is 18.2. The Morgan fingerprint density at radius 1 is 1.09 bits per heavy atom. The summed E-state index contributed by atoms with van der Waals surface area (Å²) in [5.74, 6) is 0.466. The first-order valence-corrected chi connectivity index (χ1v) is 6.24. The van der Waals surface area contributed by atoms with E-state index in [1.165, 1.54) is 12.1 Å². The second-order valence-electron chi connectivity index (χ2n) is 4.72. The van der Waals surface area contributed by atoms with E-state index in [-0.39, 0.29) is 19.0 Å². The van der Waals surface area contributed by atoms with E-state index in [1.807, 2.05) is 0 Å². The van der Waals surface area contributed by atoms with Crippen LogP contribution in [0, 0.1) is 0 Å². The smallest absolute Gasteiger partial charge is 0.347 e. The van der Waals surface area contributed by atoms with Crippen molar-refractivity contribution in [1.29, 1.82) is 0 Å². The zero-order valence-corrected chi connectivity index (χ0v) is 12.9. The molecule has 0 saturated heterocycles. The molecule has 0 fully saturated rings. The Bertz CT molecular complexity index is 627. The Balaban J connectivity index is 0.00000242. The maximum atomic E-state index is 12.6. The zero-order valence-electron chi connectivity index (χ0n) is 12.1. The quantitative estimate of drug-likeness (QED) is 0.938. The van der Waals surface area contributed by atoms with Gasteiger partial charge in [-0.2, -0.15) is 13.2 Å². The first-order valence-electron chi connectivity index (χ1n) is 6.24. The van der Waals surface area contributed by atoms with Crippen molar-refractivity contribution in [2.75, 3.05) is 19.0 Å². The summed E-state index contributed by atoms with van der Waals surface area (Å²) in [4.78, 5) is 10.3. The largest absolute Gasteiger partial charge is 0.416 e. The number of alkyl halides is 3. The molecule has 0 aliphatic carbocycles. The van der Waals surface area contributed by atoms with Gasteiger partial charge in [0, 0.05) is 26.2 Å². The van der Waals surface area contributed by atoms with Gasteiger partial charge in [-0.15, -0.1) is 12.4 Å². The SMILES string of the molecule is CN(C)c1nc(CN)cc(-c2ccc(C(F)(F)F)cc2)n1.Cl. The summed E-state index contributed by atoms with van der Waals surface area (Å²) < 4.78 is 37.7. The number of halogens is 4. The molecule has 22 heavy (non-hydrogen) atoms. The standard InChI is InChI=1S/C14H15F3N4.ClH/c1-21(2)13-19-11(8-18)7-12(20-13)9-3-5-10(6-4-9)14(15,16)17;/h3-7H,8,18H2,1-2H3;1H. The molecule has 0 aliphatic rings. The third kappa shape index (κ3) is 4.08. The Hall–Kier alpha value is -1.86. The first-order chi connectivity index (χ1) is 9.81. The monoisotopic (exact) mass is 332 g/mol. The normalized spacial score (nSPS) is 11.0. The molecule has 8 heteroatoms. The molecule has 2 aromatic rings. The van der Waals surface area contributed by atoms with E-state index in [0.29, 0.717) is 22.9 Å². The minimum atomic E-state index is -4.35. The molecule has 1 aromatic carbocycles. The third-order valence-electron chi connectivity index (χ3n) is 2.88. The van der Waals surface area contributed by atoms with E-state index in [4.69, 9.17) is 5.73 Å². The molecule has 0 bridgehead atoms. The van der Waals surface area contributed by atoms with Gasteiger partial charge in [0.25, 0.3) is 0 Å². The summed E-state index contributed by atoms with van der Waals surface area (Å²) in [7, 11) is 3.57. The highest BCUT2D eigenvalue weighted by atomic mass is 35.5. The summed E-state index contributed by atoms with van der Waals surface area (Å²) in [5.41, 5.74) is 6.66. The van der Waals surface area contributed by atoms with Crippen molar-refractivity contribution in [1.82, 2.24) is 9.97 Å². The lowest BCUT2D eigenvalue weighted by atomic mass is 10.1. The van der Waals surface area contributed by atoms with Gasteiger partial charge in [-0.25, -0.2) is 9.97 Å². The van der Waals surface area contributed by atoms with Crippen molar-refractivity contribution < 1.29 is 13.2 Å². The summed E-state index contributed by atoms with van der Waals surface area (Å²) in [6.07, 6.45) is -4.35. The van der Waals surface area contributed by atoms with Gasteiger partial charge in [0.2, 0.25) is 5.95 Å². The fourth-order valence-corrected chi connectivity index (χ4v) is 1.77. The van der Waals surface area contributed by atoms with Crippen molar-refractivity contribution >= 4 is 18.4 Å². The lowest BCUT2D eigenvalue weighted by molar-refractivity contribution is -0.137. The van der Waals surface area contributed by atoms with Gasteiger partial charge in [-0.05, 0) is 18.2 Å². The van der Waals surface area contributed by atoms with Crippen LogP contribution in [0.2, 0.25) is 0 Å². The van der Waals surface area contributed by atoms with Gasteiger partial charge >= 0.3 is 6.18 Å². The molecule has 0 aliphatic heterocycles. The van der Waals surface area contributed by atoms with Crippen LogP contribution in [0.25, 0.3) is 11.3 Å². The Kier molecular flexibility index (Phi) is 5.73. The third-order valence-corrected chi connectivity index (χ3v) is 2.88. The molecule has 120 valence electrons. The molecule has 0 radical (unpaired) electrons. The van der Waals surface area contributed by atoms with E-state index < -0.39 is 11.7 Å². The van der Waals surface area contributed by atoms with Crippen LogP contribution in [0.4, 0.5) is 19.1 Å². The summed E-state index contributed by atoms with van der Waals surface area (Å²) in [6, 6.07) is 6.54. The molecular formula is C14H16ClF3N4. The predicted octanol–water partition coefficient (Wildman–Crippen LogP) is 3.11. The Morgan fingerprint density at radius 2 is 1.68 bits per heavy atom. The van der Waals surface area contributed by atoms with Crippen LogP contribution in [0.3, 0.4) is 0 Å². The molecule has 0 saturated carbocycles. The topological polar surface area (TPSA) is 55.0 Å². The molecule has 1 aromatic heterocycles. The highest BCUT2D eigenvalue weighted by Crippen LogP contribution is 2.30. The number of nitrogens with zero attached hydrogens (tertiary/aromatic N) is 3. The maximum absolute atomic E-state index is 12.6. The highest BCUT2D eigenvalue weighted by Gasteiger charge is 2.30. The predicted molar refractivity (Wildman–Crippen MR) is 81.9 cm³/mol. The van der Waals surface area contributed by atoms with Gasteiger partial charge in [0.1, 0.15) is 0 Å². The van der Waals surface area contributed by atoms with E-state index in [0.717, 1.165) is 12.1 Å². The average molecular weight is 333 g/mol. The highest BCUT2D eigenvalue weighted by molar-refractivity contribution is 5.85. The van der Waals surface area contributed by atoms with Gasteiger partial charge < -0.3 is 10.6 Å². The fourth-order valence-electron chi connectivity index (χ4n) is 1.77. The van der Waals surface area contributed by atoms with Crippen LogP contribution in [-0.2, 0) is 12.7 Å². The van der Waals surface area contributed by atoms with E-state index in [2.05, 4.69) is 9.97 Å². The molecule has 0 amide bonds. The van der Waals surface area contributed by atoms with Crippen LogP contribution in [0.15, 0.2) is 30.3 Å². The molecule has 2 N–H and O–H groups in total. The van der Waals surface area contributed by atoms with Crippen LogP contribution in [0.5, 0.6) is 0 Å². The van der Waals surface area contributed by atoms with Crippen LogP contribution in [-0.4, -0.2) is 24.1 Å². The second-order valence-corrected chi connectivity index (χ2v) is 4.72. The molecule has 2 rings (SSSR count). The van der Waals surface area contributed by atoms with E-state index in [9.17, 15) is 13.2 Å². The number of aromatic nitrogens is 2. The van der Waals surface area contributed by atoms with Gasteiger partial charge in [-0.3, -0.25) is 0 Å². The van der Waals surface area contributed by atoms with Gasteiger partial charge in [0.15, 0.2) is 0 Å². The summed E-state index contributed by atoms with van der Waals surface area (Å²) in [6.45, 7) is 0.233. The number of hydrogen-bond donors (Lipinski definition) is 1. The molecule has 0 spiro atoms. The lowest BCUT2D eigenvalue weighted by Gasteiger charge is -2.13. The Labute approximate surface area is 132 Å². The number of nitrogens with two attached hydrogens (primary N) is 1. The van der Waals surface area contributed by atoms with Crippen LogP contribution >= 0.6 is 12.4 Å². The summed E-state index contributed by atoms with van der Waals surface area (Å²) >= 11 is 0. The number of rotatable bonds is 3. The maximum Gasteiger partial charge on any atom is 0.416 e. The zero-order chi connectivity index (χ0) is 15.6. The van der Waals surface area contributed by atoms with E-state index >= 15 is 0 Å². The van der Waals surface area contributed by atoms with Gasteiger partial charge in [0.05, 0.1) is 17.0 Å². The van der Waals surface area contributed by atoms with Crippen molar-refractivity contribution in [3.05, 3.63) is 41.6 Å². The number of anilines is 1. The molecule has 1 heterocycles. The van der Waals surface area contributed by atoms with Crippen LogP contribution < -0.4 is 10.6 Å². The molecular weight excluding hydrogens is 317 g/mol. The molecule has 4 nitrogen and oxygen atoms in total. The van der Waals surface area contributed by atoms with Gasteiger partial charge in [-0.1, -0.05) is 12.1 Å². The van der Waals surface area contributed by atoms with E-state index in [1.54, 1.807) is 25.1 Å². The second kappa shape index (κ2) is 6.93. The van der Waals surface area contributed by atoms with Crippen molar-refractivity contribution in [3.8, 4) is 11.3 Å². The van der Waals surface area contributed by atoms with Crippen LogP contribution in [0.1, 0.15) is 11.3 Å². The van der Waals surface area contributed by atoms with Crippen molar-refractivity contribution in [2.45, 2.75) is 12.7 Å². The van der Waals surface area contributed by atoms with Crippen molar-refractivity contribution in [2.24, 2.45) is 5.73 Å². The average Bonchev–Trinajstić information content (AvgIpc) is 2.46. The molecule has 0 unspecified atom stereocenters. The fraction of sp³-hybridized carbons (Fsp3) is 0.286. The van der Waals surface area contributed by atoms with Crippen molar-refractivity contribution in [3.63, 3.8) is 0 Å².